The molecule has 1 atom stereocenters. The summed E-state index contributed by atoms with van der Waals surface area (Å²) in [5.41, 5.74) is 6.02. The molecule has 0 fully saturated rings. The summed E-state index contributed by atoms with van der Waals surface area (Å²) in [5.74, 6) is -0.127. The number of ether oxygens (including phenoxy) is 1. The SMILES string of the molecule is C#C.CC.COc1ccc2cc(-c3cc(-c4cc(C)cc(Cl)c4)nn3C(C)c3ccc(C(=O)O)cc3)ccc2c1. The van der Waals surface area contributed by atoms with Gasteiger partial charge < -0.3 is 9.84 Å². The number of nitrogens with zero attached hydrogens (tertiary/aromatic N) is 2. The van der Waals surface area contributed by atoms with Gasteiger partial charge in [0.15, 0.2) is 0 Å². The second kappa shape index (κ2) is 13.5. The van der Waals surface area contributed by atoms with Crippen molar-refractivity contribution in [2.24, 2.45) is 0 Å². The maximum absolute atomic E-state index is 11.3. The Kier molecular flexibility index (Phi) is 10.1. The van der Waals surface area contributed by atoms with Gasteiger partial charge >= 0.3 is 5.97 Å². The first kappa shape index (κ1) is 30.0. The number of carboxylic acid groups (broad SMARTS) is 1. The Bertz CT molecular complexity index is 1610. The Morgan fingerprint density at radius 3 is 2.17 bits per heavy atom. The highest BCUT2D eigenvalue weighted by molar-refractivity contribution is 6.31. The molecule has 204 valence electrons. The first-order valence-electron chi connectivity index (χ1n) is 12.9. The molecule has 0 spiro atoms. The maximum Gasteiger partial charge on any atom is 0.335 e. The summed E-state index contributed by atoms with van der Waals surface area (Å²) >= 11 is 6.36. The molecular formula is C34H33ClN2O3. The Balaban J connectivity index is 0.00000106. The van der Waals surface area contributed by atoms with Crippen LogP contribution in [0.15, 0.2) is 84.9 Å². The fourth-order valence-corrected chi connectivity index (χ4v) is 4.78. The van der Waals surface area contributed by atoms with Gasteiger partial charge in [0.05, 0.1) is 30.1 Å². The van der Waals surface area contributed by atoms with Crippen molar-refractivity contribution < 1.29 is 14.6 Å². The number of hydrogen-bond donors (Lipinski definition) is 1. The number of hydrogen-bond acceptors (Lipinski definition) is 3. The Labute approximate surface area is 241 Å². The van der Waals surface area contributed by atoms with Crippen LogP contribution < -0.4 is 4.74 Å². The smallest absolute Gasteiger partial charge is 0.335 e. The van der Waals surface area contributed by atoms with Gasteiger partial charge in [0.2, 0.25) is 0 Å². The molecule has 40 heavy (non-hydrogen) atoms. The number of carbonyl (C=O) groups is 1. The lowest BCUT2D eigenvalue weighted by atomic mass is 10.0. The molecule has 0 aliphatic rings. The van der Waals surface area contributed by atoms with Crippen LogP contribution in [0.5, 0.6) is 5.75 Å². The van der Waals surface area contributed by atoms with Crippen molar-refractivity contribution >= 4 is 28.3 Å². The van der Waals surface area contributed by atoms with Gasteiger partial charge in [0.1, 0.15) is 5.75 Å². The number of rotatable bonds is 6. The van der Waals surface area contributed by atoms with Crippen molar-refractivity contribution in [2.75, 3.05) is 7.11 Å². The average Bonchev–Trinajstić information content (AvgIpc) is 3.43. The lowest BCUT2D eigenvalue weighted by Crippen LogP contribution is -2.10. The van der Waals surface area contributed by atoms with Gasteiger partial charge in [0, 0.05) is 16.1 Å². The van der Waals surface area contributed by atoms with E-state index in [-0.39, 0.29) is 11.6 Å². The molecule has 5 nitrogen and oxygen atoms in total. The molecule has 0 saturated carbocycles. The van der Waals surface area contributed by atoms with Crippen LogP contribution >= 0.6 is 11.6 Å². The van der Waals surface area contributed by atoms with Crippen LogP contribution in [0.25, 0.3) is 33.3 Å². The molecule has 0 saturated heterocycles. The van der Waals surface area contributed by atoms with E-state index in [0.717, 1.165) is 50.2 Å². The minimum Gasteiger partial charge on any atom is -0.497 e. The molecule has 0 amide bonds. The molecule has 6 heteroatoms. The Morgan fingerprint density at radius 1 is 0.900 bits per heavy atom. The monoisotopic (exact) mass is 552 g/mol. The number of carboxylic acids is 1. The molecule has 5 aromatic rings. The first-order valence-corrected chi connectivity index (χ1v) is 13.3. The summed E-state index contributed by atoms with van der Waals surface area (Å²) in [5, 5.41) is 17.1. The maximum atomic E-state index is 11.3. The summed E-state index contributed by atoms with van der Waals surface area (Å²) in [6.45, 7) is 8.07. The van der Waals surface area contributed by atoms with E-state index in [1.165, 1.54) is 0 Å². The fourth-order valence-electron chi connectivity index (χ4n) is 4.49. The van der Waals surface area contributed by atoms with Gasteiger partial charge in [0.25, 0.3) is 0 Å². The lowest BCUT2D eigenvalue weighted by molar-refractivity contribution is 0.0697. The molecule has 1 unspecified atom stereocenters. The molecule has 1 N–H and O–H groups in total. The predicted octanol–water partition coefficient (Wildman–Crippen LogP) is 8.92. The van der Waals surface area contributed by atoms with Crippen LogP contribution in [0.3, 0.4) is 0 Å². The molecule has 5 rings (SSSR count). The van der Waals surface area contributed by atoms with Crippen LogP contribution in [-0.4, -0.2) is 28.0 Å². The fraction of sp³-hybridized carbons (Fsp3) is 0.176. The summed E-state index contributed by atoms with van der Waals surface area (Å²) in [4.78, 5) is 11.3. The highest BCUT2D eigenvalue weighted by Gasteiger charge is 2.19. The van der Waals surface area contributed by atoms with Gasteiger partial charge in [-0.3, -0.25) is 4.68 Å². The average molecular weight is 553 g/mol. The van der Waals surface area contributed by atoms with Gasteiger partial charge in [-0.2, -0.15) is 5.10 Å². The summed E-state index contributed by atoms with van der Waals surface area (Å²) in [6.07, 6.45) is 8.00. The zero-order valence-electron chi connectivity index (χ0n) is 23.4. The third-order valence-electron chi connectivity index (χ3n) is 6.42. The van der Waals surface area contributed by atoms with E-state index in [1.54, 1.807) is 19.2 Å². The molecular weight excluding hydrogens is 520 g/mol. The van der Waals surface area contributed by atoms with Gasteiger partial charge in [-0.15, -0.1) is 12.8 Å². The van der Waals surface area contributed by atoms with E-state index in [9.17, 15) is 9.90 Å². The van der Waals surface area contributed by atoms with Crippen molar-refractivity contribution in [1.82, 2.24) is 9.78 Å². The van der Waals surface area contributed by atoms with Crippen LogP contribution in [0, 0.1) is 19.8 Å². The zero-order valence-corrected chi connectivity index (χ0v) is 24.1. The van der Waals surface area contributed by atoms with Crippen molar-refractivity contribution in [2.45, 2.75) is 33.7 Å². The number of aryl methyl sites for hydroxylation is 1. The minimum atomic E-state index is -0.944. The quantitative estimate of drug-likeness (QED) is 0.213. The molecule has 4 aromatic carbocycles. The molecule has 0 aliphatic heterocycles. The minimum absolute atomic E-state index is 0.136. The Morgan fingerprint density at radius 2 is 1.55 bits per heavy atom. The largest absolute Gasteiger partial charge is 0.497 e. The molecule has 1 heterocycles. The summed E-state index contributed by atoms with van der Waals surface area (Å²) < 4.78 is 7.36. The van der Waals surface area contributed by atoms with Crippen molar-refractivity contribution in [3.05, 3.63) is 107 Å². The number of halogens is 1. The molecule has 0 aliphatic carbocycles. The topological polar surface area (TPSA) is 64.4 Å². The second-order valence-corrected chi connectivity index (χ2v) is 9.34. The van der Waals surface area contributed by atoms with Gasteiger partial charge in [-0.1, -0.05) is 55.8 Å². The normalized spacial score (nSPS) is 11.0. The van der Waals surface area contributed by atoms with E-state index >= 15 is 0 Å². The summed E-state index contributed by atoms with van der Waals surface area (Å²) in [7, 11) is 1.66. The zero-order chi connectivity index (χ0) is 29.4. The molecule has 0 radical (unpaired) electrons. The van der Waals surface area contributed by atoms with Crippen LogP contribution in [0.2, 0.25) is 5.02 Å². The standard InChI is InChI=1S/C30H25ClN2O3.C2H6.C2H2/c1-18-12-25(15-26(31)13-18)28-17-29(24-9-8-23-16-27(36-3)11-10-22(23)14-24)33(32-28)19(2)20-4-6-21(7-5-20)30(34)35;2*1-2/h4-17,19H,1-3H3,(H,34,35);1-2H3;1-2H. The summed E-state index contributed by atoms with van der Waals surface area (Å²) in [6, 6.07) is 27.1. The van der Waals surface area contributed by atoms with E-state index in [4.69, 9.17) is 21.4 Å². The second-order valence-electron chi connectivity index (χ2n) is 8.91. The van der Waals surface area contributed by atoms with Crippen LogP contribution in [0.4, 0.5) is 0 Å². The van der Waals surface area contributed by atoms with E-state index < -0.39 is 5.97 Å². The van der Waals surface area contributed by atoms with Gasteiger partial charge in [-0.25, -0.2) is 4.79 Å². The first-order chi connectivity index (χ1) is 19.3. The van der Waals surface area contributed by atoms with Gasteiger partial charge in [-0.05, 0) is 90.3 Å². The van der Waals surface area contributed by atoms with Crippen molar-refractivity contribution in [3.63, 3.8) is 0 Å². The third kappa shape index (κ3) is 6.54. The predicted molar refractivity (Wildman–Crippen MR) is 165 cm³/mol. The third-order valence-corrected chi connectivity index (χ3v) is 6.64. The highest BCUT2D eigenvalue weighted by atomic mass is 35.5. The Hall–Kier alpha value is -4.53. The number of aromatic nitrogens is 2. The van der Waals surface area contributed by atoms with Crippen LogP contribution in [-0.2, 0) is 0 Å². The van der Waals surface area contributed by atoms with Crippen molar-refractivity contribution in [1.29, 1.82) is 0 Å². The number of aromatic carboxylic acids is 1. The number of benzene rings is 4. The molecule has 1 aromatic heterocycles. The highest BCUT2D eigenvalue weighted by Crippen LogP contribution is 2.34. The number of methoxy groups -OCH3 is 1. The lowest BCUT2D eigenvalue weighted by Gasteiger charge is -2.17. The van der Waals surface area contributed by atoms with E-state index in [1.807, 2.05) is 67.9 Å². The number of terminal acetylenes is 1. The van der Waals surface area contributed by atoms with E-state index in [0.29, 0.717) is 5.02 Å². The molecule has 0 bridgehead atoms. The van der Waals surface area contributed by atoms with E-state index in [2.05, 4.69) is 50.1 Å². The number of fused-ring (bicyclic) bond motifs is 1. The van der Waals surface area contributed by atoms with Crippen LogP contribution in [0.1, 0.15) is 48.3 Å². The van der Waals surface area contributed by atoms with Crippen molar-refractivity contribution in [3.8, 4) is 41.1 Å².